The highest BCUT2D eigenvalue weighted by atomic mass is 32.2. The van der Waals surface area contributed by atoms with Crippen molar-refractivity contribution in [3.8, 4) is 0 Å². The van der Waals surface area contributed by atoms with E-state index in [1.807, 2.05) is 0 Å². The molecule has 0 spiro atoms. The van der Waals surface area contributed by atoms with Crippen molar-refractivity contribution in [2.45, 2.75) is 24.3 Å². The number of amides is 1. The molecule has 0 fully saturated rings. The molecular formula is C18H19F2N3O3S. The lowest BCUT2D eigenvalue weighted by atomic mass is 9.99. The minimum Gasteiger partial charge on any atom is -0.324 e. The predicted molar refractivity (Wildman–Crippen MR) is 96.6 cm³/mol. The number of halogens is 2. The van der Waals surface area contributed by atoms with Crippen molar-refractivity contribution in [2.75, 3.05) is 18.4 Å². The molecule has 0 radical (unpaired) electrons. The van der Waals surface area contributed by atoms with E-state index in [4.69, 9.17) is 0 Å². The average Bonchev–Trinajstić information content (AvgIpc) is 2.64. The van der Waals surface area contributed by atoms with Crippen LogP contribution in [0.1, 0.15) is 17.5 Å². The number of sulfonamides is 1. The van der Waals surface area contributed by atoms with Crippen LogP contribution in [0.25, 0.3) is 0 Å². The first-order valence-electron chi connectivity index (χ1n) is 8.43. The summed E-state index contributed by atoms with van der Waals surface area (Å²) in [5, 5.41) is 5.62. The standard InChI is InChI=1S/C18H19F2N3O3S/c19-13-2-4-14(5-3-13)27(25,26)22-10-8-17(24)23-16-6-1-12-11-21-9-7-15(12)18(16)20/h1-6,21-22H,7-11H2,(H,23,24). The van der Waals surface area contributed by atoms with Crippen LogP contribution in [-0.4, -0.2) is 27.4 Å². The molecule has 144 valence electrons. The second kappa shape index (κ2) is 8.12. The summed E-state index contributed by atoms with van der Waals surface area (Å²) in [5.74, 6) is -1.50. The highest BCUT2D eigenvalue weighted by Gasteiger charge is 2.18. The Kier molecular flexibility index (Phi) is 5.83. The Balaban J connectivity index is 1.56. The number of fused-ring (bicyclic) bond motifs is 1. The number of hydrogen-bond donors (Lipinski definition) is 3. The molecule has 6 nitrogen and oxygen atoms in total. The maximum atomic E-state index is 14.5. The van der Waals surface area contributed by atoms with Gasteiger partial charge in [0, 0.05) is 19.5 Å². The average molecular weight is 395 g/mol. The van der Waals surface area contributed by atoms with E-state index in [0.29, 0.717) is 25.1 Å². The first-order chi connectivity index (χ1) is 12.9. The van der Waals surface area contributed by atoms with E-state index in [9.17, 15) is 22.0 Å². The number of carbonyl (C=O) groups excluding carboxylic acids is 1. The van der Waals surface area contributed by atoms with Gasteiger partial charge < -0.3 is 10.6 Å². The first-order valence-corrected chi connectivity index (χ1v) is 9.91. The molecule has 0 saturated carbocycles. The minimum absolute atomic E-state index is 0.0852. The summed E-state index contributed by atoms with van der Waals surface area (Å²) in [7, 11) is -3.84. The molecule has 0 aliphatic carbocycles. The Morgan fingerprint density at radius 3 is 2.59 bits per heavy atom. The molecule has 3 rings (SSSR count). The lowest BCUT2D eigenvalue weighted by Crippen LogP contribution is -2.28. The predicted octanol–water partition coefficient (Wildman–Crippen LogP) is 1.92. The van der Waals surface area contributed by atoms with Crippen molar-refractivity contribution in [2.24, 2.45) is 0 Å². The number of rotatable bonds is 6. The highest BCUT2D eigenvalue weighted by molar-refractivity contribution is 7.89. The Morgan fingerprint density at radius 1 is 1.11 bits per heavy atom. The third-order valence-corrected chi connectivity index (χ3v) is 5.73. The van der Waals surface area contributed by atoms with Crippen molar-refractivity contribution in [3.63, 3.8) is 0 Å². The molecule has 0 atom stereocenters. The lowest BCUT2D eigenvalue weighted by molar-refractivity contribution is -0.116. The topological polar surface area (TPSA) is 87.3 Å². The summed E-state index contributed by atoms with van der Waals surface area (Å²) >= 11 is 0. The normalized spacial score (nSPS) is 13.9. The Hall–Kier alpha value is -2.36. The molecular weight excluding hydrogens is 376 g/mol. The van der Waals surface area contributed by atoms with Crippen LogP contribution in [0.3, 0.4) is 0 Å². The molecule has 9 heteroatoms. The van der Waals surface area contributed by atoms with Gasteiger partial charge in [0.1, 0.15) is 11.6 Å². The van der Waals surface area contributed by atoms with Crippen LogP contribution >= 0.6 is 0 Å². The van der Waals surface area contributed by atoms with Gasteiger partial charge in [0.15, 0.2) is 0 Å². The number of anilines is 1. The van der Waals surface area contributed by atoms with E-state index in [-0.39, 0.29) is 23.5 Å². The third-order valence-electron chi connectivity index (χ3n) is 4.25. The van der Waals surface area contributed by atoms with E-state index in [2.05, 4.69) is 15.4 Å². The Bertz CT molecular complexity index is 947. The van der Waals surface area contributed by atoms with E-state index in [1.54, 1.807) is 6.07 Å². The zero-order valence-electron chi connectivity index (χ0n) is 14.4. The van der Waals surface area contributed by atoms with Crippen molar-refractivity contribution < 1.29 is 22.0 Å². The van der Waals surface area contributed by atoms with Gasteiger partial charge in [-0.2, -0.15) is 0 Å². The van der Waals surface area contributed by atoms with Gasteiger partial charge >= 0.3 is 0 Å². The second-order valence-electron chi connectivity index (χ2n) is 6.14. The fraction of sp³-hybridized carbons (Fsp3) is 0.278. The Morgan fingerprint density at radius 2 is 1.85 bits per heavy atom. The molecule has 1 aliphatic rings. The SMILES string of the molecule is O=C(CCNS(=O)(=O)c1ccc(F)cc1)Nc1ccc2c(c1F)CCNC2. The van der Waals surface area contributed by atoms with Crippen molar-refractivity contribution in [1.82, 2.24) is 10.0 Å². The fourth-order valence-electron chi connectivity index (χ4n) is 2.84. The minimum atomic E-state index is -3.84. The quantitative estimate of drug-likeness (QED) is 0.697. The van der Waals surface area contributed by atoms with Crippen LogP contribution in [0.2, 0.25) is 0 Å². The Labute approximate surface area is 156 Å². The van der Waals surface area contributed by atoms with Gasteiger partial charge in [-0.05, 0) is 54.4 Å². The van der Waals surface area contributed by atoms with Gasteiger partial charge in [0.05, 0.1) is 10.6 Å². The van der Waals surface area contributed by atoms with Gasteiger partial charge in [0.25, 0.3) is 0 Å². The van der Waals surface area contributed by atoms with Gasteiger partial charge in [-0.15, -0.1) is 0 Å². The fourth-order valence-corrected chi connectivity index (χ4v) is 3.87. The molecule has 2 aromatic rings. The molecule has 0 aromatic heterocycles. The van der Waals surface area contributed by atoms with Crippen LogP contribution < -0.4 is 15.4 Å². The van der Waals surface area contributed by atoms with Crippen molar-refractivity contribution in [1.29, 1.82) is 0 Å². The smallest absolute Gasteiger partial charge is 0.240 e. The molecule has 1 heterocycles. The lowest BCUT2D eigenvalue weighted by Gasteiger charge is -2.19. The summed E-state index contributed by atoms with van der Waals surface area (Å²) in [5.41, 5.74) is 1.54. The zero-order chi connectivity index (χ0) is 19.4. The number of benzene rings is 2. The van der Waals surface area contributed by atoms with Crippen molar-refractivity contribution in [3.05, 3.63) is 59.2 Å². The van der Waals surface area contributed by atoms with Crippen LogP contribution in [-0.2, 0) is 27.8 Å². The van der Waals surface area contributed by atoms with Crippen molar-refractivity contribution >= 4 is 21.6 Å². The number of nitrogens with one attached hydrogen (secondary N) is 3. The van der Waals surface area contributed by atoms with Crippen LogP contribution in [0.5, 0.6) is 0 Å². The molecule has 1 amide bonds. The van der Waals surface area contributed by atoms with Crippen LogP contribution in [0.15, 0.2) is 41.3 Å². The molecule has 1 aliphatic heterocycles. The zero-order valence-corrected chi connectivity index (χ0v) is 15.2. The van der Waals surface area contributed by atoms with E-state index >= 15 is 0 Å². The molecule has 27 heavy (non-hydrogen) atoms. The van der Waals surface area contributed by atoms with Gasteiger partial charge in [-0.25, -0.2) is 21.9 Å². The first kappa shape index (κ1) is 19.4. The summed E-state index contributed by atoms with van der Waals surface area (Å²) in [6.45, 7) is 1.10. The van der Waals surface area contributed by atoms with Crippen LogP contribution in [0, 0.1) is 11.6 Å². The summed E-state index contributed by atoms with van der Waals surface area (Å²) in [6, 6.07) is 7.61. The third kappa shape index (κ3) is 4.68. The summed E-state index contributed by atoms with van der Waals surface area (Å²) in [4.78, 5) is 11.9. The summed E-state index contributed by atoms with van der Waals surface area (Å²) in [6.07, 6.45) is 0.376. The molecule has 0 bridgehead atoms. The highest BCUT2D eigenvalue weighted by Crippen LogP contribution is 2.24. The number of carbonyl (C=O) groups is 1. The van der Waals surface area contributed by atoms with Gasteiger partial charge in [0.2, 0.25) is 15.9 Å². The monoisotopic (exact) mass is 395 g/mol. The van der Waals surface area contributed by atoms with Crippen LogP contribution in [0.4, 0.5) is 14.5 Å². The largest absolute Gasteiger partial charge is 0.324 e. The van der Waals surface area contributed by atoms with E-state index in [1.165, 1.54) is 6.07 Å². The molecule has 3 N–H and O–H groups in total. The molecule has 0 saturated heterocycles. The maximum absolute atomic E-state index is 14.5. The number of hydrogen-bond acceptors (Lipinski definition) is 4. The maximum Gasteiger partial charge on any atom is 0.240 e. The molecule has 2 aromatic carbocycles. The summed E-state index contributed by atoms with van der Waals surface area (Å²) < 4.78 is 53.8. The second-order valence-corrected chi connectivity index (χ2v) is 7.91. The van der Waals surface area contributed by atoms with Gasteiger partial charge in [-0.3, -0.25) is 4.79 Å². The molecule has 0 unspecified atom stereocenters. The van der Waals surface area contributed by atoms with E-state index in [0.717, 1.165) is 29.8 Å². The van der Waals surface area contributed by atoms with Gasteiger partial charge in [-0.1, -0.05) is 6.07 Å². The van der Waals surface area contributed by atoms with E-state index < -0.39 is 27.6 Å².